The maximum atomic E-state index is 12.0. The molecule has 0 aliphatic rings. The van der Waals surface area contributed by atoms with Crippen molar-refractivity contribution in [1.29, 1.82) is 0 Å². The highest BCUT2D eigenvalue weighted by atomic mass is 32.2. The molecule has 2 rings (SSSR count). The Labute approximate surface area is 134 Å². The number of benzene rings is 1. The average Bonchev–Trinajstić information content (AvgIpc) is 2.92. The number of nitrogens with one attached hydrogen (secondary N) is 1. The van der Waals surface area contributed by atoms with E-state index in [2.05, 4.69) is 20.8 Å². The van der Waals surface area contributed by atoms with Gasteiger partial charge < -0.3 is 5.32 Å². The molecule has 1 atom stereocenters. The number of hydrogen-bond donors (Lipinski definition) is 1. The smallest absolute Gasteiger partial charge is 0.233 e. The Bertz CT molecular complexity index is 635. The van der Waals surface area contributed by atoms with Crippen LogP contribution in [0.1, 0.15) is 31.4 Å². The Hall–Kier alpha value is -1.89. The standard InChI is InChI=1S/C15H21N5OS/c1-5-9-16-14(21)12(4)22-15-17-18-19-20(15)13-10(2)7-6-8-11(13)3/h6-8,12H,5,9H2,1-4H3,(H,16,21)/t12-/m1/s1. The zero-order valence-corrected chi connectivity index (χ0v) is 14.1. The predicted molar refractivity (Wildman–Crippen MR) is 87.2 cm³/mol. The van der Waals surface area contributed by atoms with E-state index in [1.54, 1.807) is 4.68 Å². The summed E-state index contributed by atoms with van der Waals surface area (Å²) in [5.74, 6) is 0.00269. The van der Waals surface area contributed by atoms with Crippen LogP contribution < -0.4 is 5.32 Å². The van der Waals surface area contributed by atoms with E-state index in [-0.39, 0.29) is 11.2 Å². The highest BCUT2D eigenvalue weighted by Gasteiger charge is 2.20. The van der Waals surface area contributed by atoms with Crippen molar-refractivity contribution in [2.24, 2.45) is 0 Å². The number of carbonyl (C=O) groups is 1. The van der Waals surface area contributed by atoms with E-state index in [1.807, 2.05) is 45.9 Å². The Balaban J connectivity index is 2.22. The molecular formula is C15H21N5OS. The second-order valence-electron chi connectivity index (χ2n) is 5.16. The quantitative estimate of drug-likeness (QED) is 0.827. The van der Waals surface area contributed by atoms with Crippen molar-refractivity contribution in [3.63, 3.8) is 0 Å². The molecule has 0 radical (unpaired) electrons. The summed E-state index contributed by atoms with van der Waals surface area (Å²) in [4.78, 5) is 12.0. The van der Waals surface area contributed by atoms with Crippen molar-refractivity contribution >= 4 is 17.7 Å². The zero-order valence-electron chi connectivity index (χ0n) is 13.3. The number of aryl methyl sites for hydroxylation is 2. The molecule has 22 heavy (non-hydrogen) atoms. The monoisotopic (exact) mass is 319 g/mol. The molecule has 2 aromatic rings. The van der Waals surface area contributed by atoms with E-state index in [1.165, 1.54) is 11.8 Å². The third-order valence-corrected chi connectivity index (χ3v) is 4.33. The molecule has 0 aliphatic carbocycles. The number of rotatable bonds is 6. The van der Waals surface area contributed by atoms with Gasteiger partial charge in [-0.2, -0.15) is 4.68 Å². The minimum atomic E-state index is -0.249. The third-order valence-electron chi connectivity index (χ3n) is 3.29. The average molecular weight is 319 g/mol. The van der Waals surface area contributed by atoms with Crippen molar-refractivity contribution in [3.05, 3.63) is 29.3 Å². The number of nitrogens with zero attached hydrogens (tertiary/aromatic N) is 4. The van der Waals surface area contributed by atoms with Gasteiger partial charge in [0.15, 0.2) is 0 Å². The van der Waals surface area contributed by atoms with Gasteiger partial charge in [0.05, 0.1) is 10.9 Å². The van der Waals surface area contributed by atoms with Crippen molar-refractivity contribution in [3.8, 4) is 5.69 Å². The van der Waals surface area contributed by atoms with Crippen LogP contribution in [0.15, 0.2) is 23.4 Å². The molecule has 1 amide bonds. The molecular weight excluding hydrogens is 298 g/mol. The second kappa shape index (κ2) is 7.40. The fraction of sp³-hybridized carbons (Fsp3) is 0.467. The van der Waals surface area contributed by atoms with Gasteiger partial charge in [-0.25, -0.2) is 0 Å². The molecule has 0 saturated carbocycles. The van der Waals surface area contributed by atoms with E-state index in [0.717, 1.165) is 23.2 Å². The minimum Gasteiger partial charge on any atom is -0.355 e. The molecule has 0 aliphatic heterocycles. The summed E-state index contributed by atoms with van der Waals surface area (Å²) in [5.41, 5.74) is 3.16. The number of para-hydroxylation sites is 1. The summed E-state index contributed by atoms with van der Waals surface area (Å²) in [6, 6.07) is 6.05. The lowest BCUT2D eigenvalue weighted by Gasteiger charge is -2.13. The van der Waals surface area contributed by atoms with Gasteiger partial charge in [-0.15, -0.1) is 5.10 Å². The second-order valence-corrected chi connectivity index (χ2v) is 6.47. The SMILES string of the molecule is CCCNC(=O)[C@@H](C)Sc1nnnn1-c1c(C)cccc1C. The maximum absolute atomic E-state index is 12.0. The molecule has 1 aromatic carbocycles. The summed E-state index contributed by atoms with van der Waals surface area (Å²) in [5, 5.41) is 15.2. The Morgan fingerprint density at radius 1 is 1.36 bits per heavy atom. The molecule has 0 saturated heterocycles. The van der Waals surface area contributed by atoms with Gasteiger partial charge in [0.25, 0.3) is 0 Å². The van der Waals surface area contributed by atoms with Crippen LogP contribution in [0.2, 0.25) is 0 Å². The van der Waals surface area contributed by atoms with E-state index in [0.29, 0.717) is 11.7 Å². The van der Waals surface area contributed by atoms with Crippen LogP contribution in [0.5, 0.6) is 0 Å². The topological polar surface area (TPSA) is 72.7 Å². The molecule has 0 bridgehead atoms. The fourth-order valence-electron chi connectivity index (χ4n) is 2.14. The number of hydrogen-bond acceptors (Lipinski definition) is 5. The summed E-state index contributed by atoms with van der Waals surface area (Å²) in [7, 11) is 0. The van der Waals surface area contributed by atoms with Gasteiger partial charge in [-0.1, -0.05) is 36.9 Å². The summed E-state index contributed by atoms with van der Waals surface area (Å²) in [6.45, 7) is 8.62. The predicted octanol–water partition coefficient (Wildman–Crippen LogP) is 2.29. The maximum Gasteiger partial charge on any atom is 0.233 e. The first kappa shape index (κ1) is 16.5. The van der Waals surface area contributed by atoms with Crippen LogP contribution in [-0.4, -0.2) is 37.9 Å². The molecule has 7 heteroatoms. The first-order chi connectivity index (χ1) is 10.5. The van der Waals surface area contributed by atoms with Crippen LogP contribution in [0.4, 0.5) is 0 Å². The van der Waals surface area contributed by atoms with Crippen LogP contribution in [0.3, 0.4) is 0 Å². The molecule has 1 aromatic heterocycles. The summed E-state index contributed by atoms with van der Waals surface area (Å²) >= 11 is 1.36. The van der Waals surface area contributed by atoms with Gasteiger partial charge in [-0.3, -0.25) is 4.79 Å². The number of thioether (sulfide) groups is 1. The van der Waals surface area contributed by atoms with Gasteiger partial charge in [0.1, 0.15) is 0 Å². The zero-order chi connectivity index (χ0) is 16.1. The number of carbonyl (C=O) groups excluding carboxylic acids is 1. The van der Waals surface area contributed by atoms with Gasteiger partial charge in [0, 0.05) is 6.54 Å². The molecule has 1 heterocycles. The number of aromatic nitrogens is 4. The van der Waals surface area contributed by atoms with E-state index in [9.17, 15) is 4.79 Å². The normalized spacial score (nSPS) is 12.2. The molecule has 6 nitrogen and oxygen atoms in total. The Kier molecular flexibility index (Phi) is 5.54. The molecule has 0 unspecified atom stereocenters. The van der Waals surface area contributed by atoms with Crippen LogP contribution in [0.25, 0.3) is 5.69 Å². The highest BCUT2D eigenvalue weighted by Crippen LogP contribution is 2.26. The van der Waals surface area contributed by atoms with Crippen LogP contribution in [0, 0.1) is 13.8 Å². The summed E-state index contributed by atoms with van der Waals surface area (Å²) in [6.07, 6.45) is 0.920. The van der Waals surface area contributed by atoms with Crippen molar-refractivity contribution in [2.75, 3.05) is 6.54 Å². The van der Waals surface area contributed by atoms with Crippen LogP contribution >= 0.6 is 11.8 Å². The van der Waals surface area contributed by atoms with E-state index in [4.69, 9.17) is 0 Å². The molecule has 1 N–H and O–H groups in total. The summed E-state index contributed by atoms with van der Waals surface area (Å²) < 4.78 is 1.71. The highest BCUT2D eigenvalue weighted by molar-refractivity contribution is 8.00. The molecule has 0 spiro atoms. The largest absolute Gasteiger partial charge is 0.355 e. The lowest BCUT2D eigenvalue weighted by molar-refractivity contribution is -0.120. The number of tetrazole rings is 1. The number of amides is 1. The van der Waals surface area contributed by atoms with E-state index >= 15 is 0 Å². The Morgan fingerprint density at radius 3 is 2.68 bits per heavy atom. The van der Waals surface area contributed by atoms with E-state index < -0.39 is 0 Å². The van der Waals surface area contributed by atoms with Crippen LogP contribution in [-0.2, 0) is 4.79 Å². The molecule has 0 fully saturated rings. The first-order valence-corrected chi connectivity index (χ1v) is 8.22. The van der Waals surface area contributed by atoms with Crippen molar-refractivity contribution in [2.45, 2.75) is 44.5 Å². The van der Waals surface area contributed by atoms with Crippen molar-refractivity contribution in [1.82, 2.24) is 25.5 Å². The third kappa shape index (κ3) is 3.65. The lowest BCUT2D eigenvalue weighted by Crippen LogP contribution is -2.31. The lowest BCUT2D eigenvalue weighted by atomic mass is 10.1. The minimum absolute atomic E-state index is 0.00269. The van der Waals surface area contributed by atoms with Crippen molar-refractivity contribution < 1.29 is 4.79 Å². The fourth-order valence-corrected chi connectivity index (χ4v) is 2.95. The van der Waals surface area contributed by atoms with Gasteiger partial charge in [0.2, 0.25) is 11.1 Å². The molecule has 118 valence electrons. The van der Waals surface area contributed by atoms with Gasteiger partial charge >= 0.3 is 0 Å². The van der Waals surface area contributed by atoms with Gasteiger partial charge in [-0.05, 0) is 48.7 Å². The Morgan fingerprint density at radius 2 is 2.05 bits per heavy atom. The first-order valence-electron chi connectivity index (χ1n) is 7.34.